The molecule has 0 saturated heterocycles. The number of nitrogens with one attached hydrogen (secondary N) is 2. The zero-order valence-electron chi connectivity index (χ0n) is 13.0. The zero-order valence-corrected chi connectivity index (χ0v) is 13.8. The number of amides is 2. The third-order valence-corrected chi connectivity index (χ3v) is 3.37. The molecular weight excluding hydrogens is 351 g/mol. The molecule has 134 valence electrons. The third kappa shape index (κ3) is 4.15. The van der Waals surface area contributed by atoms with E-state index in [1.165, 1.54) is 18.2 Å². The van der Waals surface area contributed by atoms with Gasteiger partial charge in [0.15, 0.2) is 11.5 Å². The fraction of sp³-hybridized carbons (Fsp3) is 0.500. The Bertz CT molecular complexity index is 613. The highest BCUT2D eigenvalue weighted by molar-refractivity contribution is 6.30. The Morgan fingerprint density at radius 1 is 1.29 bits per heavy atom. The molecule has 0 saturated carbocycles. The minimum Gasteiger partial charge on any atom is -0.424 e. The van der Waals surface area contributed by atoms with Gasteiger partial charge in [0.25, 0.3) is 0 Å². The van der Waals surface area contributed by atoms with Gasteiger partial charge in [-0.1, -0.05) is 11.6 Å². The number of fused-ring (bicyclic) bond motifs is 1. The first kappa shape index (κ1) is 18.5. The SMILES string of the molecule is CN(C)CCCNC(=O)N[C@]1(C(F)(F)F)Oc2ccc(Cl)cc2O1. The molecule has 6 nitrogen and oxygen atoms in total. The Balaban J connectivity index is 2.04. The maximum Gasteiger partial charge on any atom is 0.492 e. The van der Waals surface area contributed by atoms with Crippen LogP contribution in [0.25, 0.3) is 0 Å². The summed E-state index contributed by atoms with van der Waals surface area (Å²) in [5.41, 5.74) is 0. The van der Waals surface area contributed by atoms with Gasteiger partial charge < -0.3 is 19.7 Å². The van der Waals surface area contributed by atoms with E-state index < -0.39 is 18.1 Å². The summed E-state index contributed by atoms with van der Waals surface area (Å²) in [6, 6.07) is 2.73. The van der Waals surface area contributed by atoms with Crippen LogP contribution in [0.4, 0.5) is 18.0 Å². The minimum absolute atomic E-state index is 0.162. The average molecular weight is 368 g/mol. The minimum atomic E-state index is -5.00. The molecule has 0 bridgehead atoms. The first-order valence-corrected chi connectivity index (χ1v) is 7.46. The Kier molecular flexibility index (Phi) is 5.34. The van der Waals surface area contributed by atoms with E-state index in [1.807, 2.05) is 19.0 Å². The zero-order chi connectivity index (χ0) is 18.0. The summed E-state index contributed by atoms with van der Waals surface area (Å²) >= 11 is 5.73. The topological polar surface area (TPSA) is 62.8 Å². The van der Waals surface area contributed by atoms with E-state index >= 15 is 0 Å². The lowest BCUT2D eigenvalue weighted by Crippen LogP contribution is -2.66. The van der Waals surface area contributed by atoms with Gasteiger partial charge in [-0.25, -0.2) is 4.79 Å². The number of carbonyl (C=O) groups excluding carboxylic acids is 1. The van der Waals surface area contributed by atoms with Crippen molar-refractivity contribution in [2.75, 3.05) is 27.2 Å². The molecule has 2 rings (SSSR count). The van der Waals surface area contributed by atoms with Crippen LogP contribution in [0.5, 0.6) is 11.5 Å². The molecule has 0 aromatic heterocycles. The van der Waals surface area contributed by atoms with Gasteiger partial charge in [-0.3, -0.25) is 5.32 Å². The largest absolute Gasteiger partial charge is 0.492 e. The van der Waals surface area contributed by atoms with Crippen LogP contribution in [-0.2, 0) is 0 Å². The number of nitrogens with zero attached hydrogens (tertiary/aromatic N) is 1. The fourth-order valence-electron chi connectivity index (χ4n) is 2.00. The molecule has 1 atom stereocenters. The highest BCUT2D eigenvalue weighted by Crippen LogP contribution is 2.45. The number of ether oxygens (including phenoxy) is 2. The predicted octanol–water partition coefficient (Wildman–Crippen LogP) is 2.58. The van der Waals surface area contributed by atoms with Crippen LogP contribution in [-0.4, -0.2) is 50.2 Å². The number of hydrogen-bond donors (Lipinski definition) is 2. The molecular formula is C14H17ClF3N3O3. The molecule has 1 heterocycles. The molecule has 1 aromatic carbocycles. The second-order valence-electron chi connectivity index (χ2n) is 5.45. The number of benzene rings is 1. The Labute approximate surface area is 141 Å². The maximum atomic E-state index is 13.4. The highest BCUT2D eigenvalue weighted by atomic mass is 35.5. The van der Waals surface area contributed by atoms with Gasteiger partial charge in [-0.05, 0) is 39.2 Å². The maximum absolute atomic E-state index is 13.4. The molecule has 1 aliphatic rings. The predicted molar refractivity (Wildman–Crippen MR) is 81.2 cm³/mol. The molecule has 1 aliphatic heterocycles. The summed E-state index contributed by atoms with van der Waals surface area (Å²) in [5, 5.41) is 4.23. The Morgan fingerprint density at radius 2 is 1.96 bits per heavy atom. The number of rotatable bonds is 5. The summed E-state index contributed by atoms with van der Waals surface area (Å²) in [6.07, 6.45) is -4.42. The lowest BCUT2D eigenvalue weighted by molar-refractivity contribution is -0.317. The van der Waals surface area contributed by atoms with Crippen molar-refractivity contribution in [1.82, 2.24) is 15.5 Å². The Morgan fingerprint density at radius 3 is 2.58 bits per heavy atom. The summed E-state index contributed by atoms with van der Waals surface area (Å²) in [6.45, 7) is 0.887. The second-order valence-corrected chi connectivity index (χ2v) is 5.88. The monoisotopic (exact) mass is 367 g/mol. The van der Waals surface area contributed by atoms with Crippen molar-refractivity contribution in [3.05, 3.63) is 23.2 Å². The van der Waals surface area contributed by atoms with Gasteiger partial charge in [0.1, 0.15) is 0 Å². The first-order valence-electron chi connectivity index (χ1n) is 7.08. The van der Waals surface area contributed by atoms with Crippen molar-refractivity contribution in [1.29, 1.82) is 0 Å². The number of hydrogen-bond acceptors (Lipinski definition) is 4. The van der Waals surface area contributed by atoms with Crippen molar-refractivity contribution < 1.29 is 27.4 Å². The van der Waals surface area contributed by atoms with Crippen LogP contribution in [0.2, 0.25) is 5.02 Å². The molecule has 2 amide bonds. The third-order valence-electron chi connectivity index (χ3n) is 3.13. The molecule has 0 aliphatic carbocycles. The van der Waals surface area contributed by atoms with Gasteiger partial charge in [0, 0.05) is 17.6 Å². The van der Waals surface area contributed by atoms with Gasteiger partial charge in [0.05, 0.1) is 0 Å². The van der Waals surface area contributed by atoms with Crippen LogP contribution in [0, 0.1) is 0 Å². The molecule has 24 heavy (non-hydrogen) atoms. The molecule has 0 fully saturated rings. The number of halogens is 4. The molecule has 1 aromatic rings. The van der Waals surface area contributed by atoms with Crippen LogP contribution in [0.3, 0.4) is 0 Å². The number of alkyl halides is 3. The van der Waals surface area contributed by atoms with Gasteiger partial charge in [-0.2, -0.15) is 13.2 Å². The number of urea groups is 1. The van der Waals surface area contributed by atoms with E-state index in [1.54, 1.807) is 5.32 Å². The summed E-state index contributed by atoms with van der Waals surface area (Å²) in [5.74, 6) is -3.65. The number of carbonyl (C=O) groups is 1. The molecule has 0 unspecified atom stereocenters. The molecule has 10 heteroatoms. The smallest absolute Gasteiger partial charge is 0.424 e. The van der Waals surface area contributed by atoms with E-state index in [4.69, 9.17) is 21.1 Å². The average Bonchev–Trinajstić information content (AvgIpc) is 2.81. The van der Waals surface area contributed by atoms with Crippen molar-refractivity contribution in [3.63, 3.8) is 0 Å². The van der Waals surface area contributed by atoms with E-state index in [-0.39, 0.29) is 23.1 Å². The van der Waals surface area contributed by atoms with Crippen molar-refractivity contribution in [2.24, 2.45) is 0 Å². The van der Waals surface area contributed by atoms with Crippen LogP contribution in [0.15, 0.2) is 18.2 Å². The van der Waals surface area contributed by atoms with Crippen LogP contribution < -0.4 is 20.1 Å². The van der Waals surface area contributed by atoms with Gasteiger partial charge in [0.2, 0.25) is 0 Å². The van der Waals surface area contributed by atoms with E-state index in [2.05, 4.69) is 5.32 Å². The van der Waals surface area contributed by atoms with E-state index in [0.29, 0.717) is 13.0 Å². The Hall–Kier alpha value is -1.87. The van der Waals surface area contributed by atoms with Gasteiger partial charge >= 0.3 is 18.1 Å². The van der Waals surface area contributed by atoms with Crippen molar-refractivity contribution in [2.45, 2.75) is 18.5 Å². The van der Waals surface area contributed by atoms with E-state index in [0.717, 1.165) is 0 Å². The lowest BCUT2D eigenvalue weighted by atomic mass is 10.3. The van der Waals surface area contributed by atoms with Crippen LogP contribution in [0.1, 0.15) is 6.42 Å². The lowest BCUT2D eigenvalue weighted by Gasteiger charge is -2.29. The molecule has 0 spiro atoms. The quantitative estimate of drug-likeness (QED) is 0.785. The van der Waals surface area contributed by atoms with Crippen LogP contribution >= 0.6 is 11.6 Å². The van der Waals surface area contributed by atoms with Gasteiger partial charge in [-0.15, -0.1) is 0 Å². The fourth-order valence-corrected chi connectivity index (χ4v) is 2.17. The summed E-state index contributed by atoms with van der Waals surface area (Å²) in [4.78, 5) is 13.7. The van der Waals surface area contributed by atoms with Crippen molar-refractivity contribution in [3.8, 4) is 11.5 Å². The standard InChI is InChI=1S/C14H17ClF3N3O3/c1-21(2)7-3-6-19-12(22)20-14(13(16,17)18)23-10-5-4-9(15)8-11(10)24-14/h4-5,8H,3,6-7H2,1-2H3,(H2,19,20,22)/t14-/m1/s1. The second kappa shape index (κ2) is 6.94. The molecule has 2 N–H and O–H groups in total. The van der Waals surface area contributed by atoms with E-state index in [9.17, 15) is 18.0 Å². The first-order chi connectivity index (χ1) is 11.1. The normalized spacial score (nSPS) is 19.5. The summed E-state index contributed by atoms with van der Waals surface area (Å²) < 4.78 is 49.9. The molecule has 0 radical (unpaired) electrons. The highest BCUT2D eigenvalue weighted by Gasteiger charge is 2.65. The van der Waals surface area contributed by atoms with Crippen molar-refractivity contribution >= 4 is 17.6 Å². The summed E-state index contributed by atoms with van der Waals surface area (Å²) in [7, 11) is 3.70.